The minimum atomic E-state index is -0.0125. The van der Waals surface area contributed by atoms with Gasteiger partial charge in [0.25, 0.3) is 0 Å². The second-order valence-electron chi connectivity index (χ2n) is 7.35. The van der Waals surface area contributed by atoms with Crippen molar-refractivity contribution < 1.29 is 9.53 Å². The van der Waals surface area contributed by atoms with Crippen LogP contribution in [0.5, 0.6) is 0 Å². The van der Waals surface area contributed by atoms with Gasteiger partial charge in [-0.1, -0.05) is 90.9 Å². The fraction of sp³-hybridized carbons (Fsp3) is 0.952. The molecular formula is C21H42O2. The van der Waals surface area contributed by atoms with Crippen molar-refractivity contribution in [3.8, 4) is 0 Å². The van der Waals surface area contributed by atoms with Crippen LogP contribution < -0.4 is 0 Å². The van der Waals surface area contributed by atoms with Crippen molar-refractivity contribution in [2.24, 2.45) is 5.92 Å². The van der Waals surface area contributed by atoms with Gasteiger partial charge in [-0.3, -0.25) is 4.79 Å². The van der Waals surface area contributed by atoms with Gasteiger partial charge in [-0.2, -0.15) is 0 Å². The number of rotatable bonds is 16. The summed E-state index contributed by atoms with van der Waals surface area (Å²) in [6.45, 7) is 8.38. The predicted octanol–water partition coefficient (Wildman–Crippen LogP) is 7.06. The Morgan fingerprint density at radius 1 is 0.739 bits per heavy atom. The largest absolute Gasteiger partial charge is 0.463 e. The summed E-state index contributed by atoms with van der Waals surface area (Å²) in [7, 11) is 0. The molecule has 0 bridgehead atoms. The third-order valence-electron chi connectivity index (χ3n) is 4.56. The van der Waals surface area contributed by atoms with Crippen molar-refractivity contribution in [3.05, 3.63) is 0 Å². The van der Waals surface area contributed by atoms with E-state index >= 15 is 0 Å². The van der Waals surface area contributed by atoms with Crippen molar-refractivity contribution in [1.82, 2.24) is 0 Å². The van der Waals surface area contributed by atoms with E-state index in [1.165, 1.54) is 77.0 Å². The van der Waals surface area contributed by atoms with Crippen LogP contribution in [0.2, 0.25) is 0 Å². The lowest BCUT2D eigenvalue weighted by Gasteiger charge is -2.17. The average Bonchev–Trinajstić information content (AvgIpc) is 2.50. The maximum Gasteiger partial charge on any atom is 0.306 e. The van der Waals surface area contributed by atoms with Gasteiger partial charge in [0.05, 0.1) is 6.10 Å². The van der Waals surface area contributed by atoms with Crippen LogP contribution in [0.15, 0.2) is 0 Å². The van der Waals surface area contributed by atoms with Crippen LogP contribution in [0.3, 0.4) is 0 Å². The Hall–Kier alpha value is -0.530. The first kappa shape index (κ1) is 22.5. The Labute approximate surface area is 145 Å². The molecule has 1 atom stereocenters. The summed E-state index contributed by atoms with van der Waals surface area (Å²) in [5.74, 6) is 0.708. The molecule has 0 saturated heterocycles. The molecule has 0 radical (unpaired) electrons. The van der Waals surface area contributed by atoms with E-state index in [4.69, 9.17) is 4.74 Å². The van der Waals surface area contributed by atoms with E-state index in [-0.39, 0.29) is 12.1 Å². The predicted molar refractivity (Wildman–Crippen MR) is 101 cm³/mol. The lowest BCUT2D eigenvalue weighted by molar-refractivity contribution is -0.147. The normalized spacial score (nSPS) is 12.6. The van der Waals surface area contributed by atoms with E-state index in [1.54, 1.807) is 0 Å². The zero-order chi connectivity index (χ0) is 17.3. The Bertz CT molecular complexity index is 261. The molecular weight excluding hydrogens is 284 g/mol. The van der Waals surface area contributed by atoms with Crippen LogP contribution >= 0.6 is 0 Å². The minimum Gasteiger partial charge on any atom is -0.463 e. The maximum absolute atomic E-state index is 11.8. The molecule has 0 aliphatic rings. The van der Waals surface area contributed by atoms with Crippen LogP contribution in [0.1, 0.15) is 118 Å². The highest BCUT2D eigenvalue weighted by Crippen LogP contribution is 2.23. The first-order valence-electron chi connectivity index (χ1n) is 10.3. The van der Waals surface area contributed by atoms with Gasteiger partial charge in [-0.15, -0.1) is 0 Å². The molecule has 0 heterocycles. The smallest absolute Gasteiger partial charge is 0.306 e. The van der Waals surface area contributed by atoms with Crippen LogP contribution in [0.25, 0.3) is 0 Å². The van der Waals surface area contributed by atoms with Gasteiger partial charge in [0.15, 0.2) is 0 Å². The summed E-state index contributed by atoms with van der Waals surface area (Å²) >= 11 is 0. The summed E-state index contributed by atoms with van der Waals surface area (Å²) in [6, 6.07) is 0. The summed E-state index contributed by atoms with van der Waals surface area (Å²) in [5, 5.41) is 0. The molecule has 0 N–H and O–H groups in total. The van der Waals surface area contributed by atoms with Crippen LogP contribution in [0, 0.1) is 5.92 Å². The summed E-state index contributed by atoms with van der Waals surface area (Å²) in [6.07, 6.45) is 17.7. The molecule has 0 aromatic heterocycles. The number of ether oxygens (including phenoxy) is 1. The molecule has 0 saturated carbocycles. The molecule has 23 heavy (non-hydrogen) atoms. The van der Waals surface area contributed by atoms with E-state index in [0.29, 0.717) is 6.42 Å². The molecule has 2 nitrogen and oxygen atoms in total. The molecule has 0 fully saturated rings. The Balaban J connectivity index is 3.94. The molecule has 0 amide bonds. The number of carbonyl (C=O) groups is 1. The van der Waals surface area contributed by atoms with E-state index in [2.05, 4.69) is 13.8 Å². The highest BCUT2D eigenvalue weighted by atomic mass is 16.5. The third-order valence-corrected chi connectivity index (χ3v) is 4.56. The Morgan fingerprint density at radius 2 is 1.22 bits per heavy atom. The average molecular weight is 327 g/mol. The van der Waals surface area contributed by atoms with E-state index in [1.807, 2.05) is 13.8 Å². The summed E-state index contributed by atoms with van der Waals surface area (Å²) < 4.78 is 5.27. The van der Waals surface area contributed by atoms with Crippen molar-refractivity contribution >= 4 is 5.97 Å². The number of unbranched alkanes of at least 4 members (excludes halogenated alkanes) is 8. The number of hydrogen-bond acceptors (Lipinski definition) is 2. The van der Waals surface area contributed by atoms with E-state index < -0.39 is 0 Å². The van der Waals surface area contributed by atoms with E-state index in [9.17, 15) is 4.79 Å². The fourth-order valence-corrected chi connectivity index (χ4v) is 3.15. The molecule has 0 aromatic carbocycles. The number of carbonyl (C=O) groups excluding carboxylic acids is 1. The maximum atomic E-state index is 11.8. The summed E-state index contributed by atoms with van der Waals surface area (Å²) in [5.41, 5.74) is 0. The first-order valence-corrected chi connectivity index (χ1v) is 10.3. The molecule has 1 unspecified atom stereocenters. The number of hydrogen-bond donors (Lipinski definition) is 0. The molecule has 0 spiro atoms. The van der Waals surface area contributed by atoms with Gasteiger partial charge in [-0.25, -0.2) is 0 Å². The van der Waals surface area contributed by atoms with Crippen molar-refractivity contribution in [3.63, 3.8) is 0 Å². The topological polar surface area (TPSA) is 26.3 Å². The van der Waals surface area contributed by atoms with E-state index in [0.717, 1.165) is 12.3 Å². The zero-order valence-electron chi connectivity index (χ0n) is 16.4. The van der Waals surface area contributed by atoms with Gasteiger partial charge in [0, 0.05) is 6.42 Å². The fourth-order valence-electron chi connectivity index (χ4n) is 3.15. The Morgan fingerprint density at radius 3 is 1.74 bits per heavy atom. The molecule has 0 rings (SSSR count). The minimum absolute atomic E-state index is 0.0125. The second kappa shape index (κ2) is 16.3. The Kier molecular flexibility index (Phi) is 16.0. The van der Waals surface area contributed by atoms with Gasteiger partial charge in [-0.05, 0) is 26.2 Å². The summed E-state index contributed by atoms with van der Waals surface area (Å²) in [4.78, 5) is 11.8. The van der Waals surface area contributed by atoms with Crippen molar-refractivity contribution in [1.29, 1.82) is 0 Å². The highest BCUT2D eigenvalue weighted by Gasteiger charge is 2.13. The number of esters is 1. The van der Waals surface area contributed by atoms with Gasteiger partial charge in [0.1, 0.15) is 0 Å². The van der Waals surface area contributed by atoms with Crippen LogP contribution in [-0.2, 0) is 9.53 Å². The van der Waals surface area contributed by atoms with Crippen molar-refractivity contribution in [2.75, 3.05) is 0 Å². The molecule has 0 aliphatic carbocycles. The van der Waals surface area contributed by atoms with Crippen LogP contribution in [-0.4, -0.2) is 12.1 Å². The van der Waals surface area contributed by atoms with Gasteiger partial charge in [0.2, 0.25) is 0 Å². The highest BCUT2D eigenvalue weighted by molar-refractivity contribution is 5.69. The quantitative estimate of drug-likeness (QED) is 0.224. The zero-order valence-corrected chi connectivity index (χ0v) is 16.4. The molecule has 2 heteroatoms. The molecule has 138 valence electrons. The van der Waals surface area contributed by atoms with Gasteiger partial charge < -0.3 is 4.74 Å². The second-order valence-corrected chi connectivity index (χ2v) is 7.35. The van der Waals surface area contributed by atoms with Crippen LogP contribution in [0.4, 0.5) is 0 Å². The standard InChI is InChI=1S/C21H42O2/c1-5-7-9-11-12-14-16-20(15-13-10-8-6-2)17-18-21(22)23-19(3)4/h19-20H,5-18H2,1-4H3. The van der Waals surface area contributed by atoms with Crippen molar-refractivity contribution in [2.45, 2.75) is 124 Å². The lowest BCUT2D eigenvalue weighted by atomic mass is 9.90. The lowest BCUT2D eigenvalue weighted by Crippen LogP contribution is -2.13. The van der Waals surface area contributed by atoms with Gasteiger partial charge >= 0.3 is 5.97 Å². The molecule has 0 aromatic rings. The SMILES string of the molecule is CCCCCCCCC(CCCCCC)CCC(=O)OC(C)C. The molecule has 0 aliphatic heterocycles. The monoisotopic (exact) mass is 326 g/mol. The third kappa shape index (κ3) is 16.1. The first-order chi connectivity index (χ1) is 11.1.